The van der Waals surface area contributed by atoms with Crippen molar-refractivity contribution in [1.29, 1.82) is 5.26 Å². The number of hydrogen-bond acceptors (Lipinski definition) is 3. The van der Waals surface area contributed by atoms with Crippen LogP contribution in [0.4, 0.5) is 4.39 Å². The molecule has 0 radical (unpaired) electrons. The van der Waals surface area contributed by atoms with Crippen molar-refractivity contribution in [2.75, 3.05) is 13.1 Å². The number of fused-ring (bicyclic) bond motifs is 1. The third-order valence-electron chi connectivity index (χ3n) is 4.33. The molecule has 0 amide bonds. The van der Waals surface area contributed by atoms with E-state index in [0.717, 1.165) is 5.56 Å². The summed E-state index contributed by atoms with van der Waals surface area (Å²) >= 11 is 0. The molecule has 1 N–H and O–H groups in total. The average molecular weight is 259 g/mol. The van der Waals surface area contributed by atoms with Crippen LogP contribution >= 0.6 is 0 Å². The Balaban J connectivity index is 1.62. The maximum Gasteiger partial charge on any atom is 0.140 e. The highest BCUT2D eigenvalue weighted by Crippen LogP contribution is 2.28. The number of nitrogens with one attached hydrogen (secondary N) is 1. The highest BCUT2D eigenvalue weighted by Gasteiger charge is 2.36. The number of nitrogens with zero attached hydrogens (tertiary/aromatic N) is 2. The zero-order valence-corrected chi connectivity index (χ0v) is 10.9. The molecule has 0 bridgehead atoms. The van der Waals surface area contributed by atoms with Crippen molar-refractivity contribution in [3.05, 3.63) is 35.1 Å². The van der Waals surface area contributed by atoms with Crippen molar-refractivity contribution in [2.24, 2.45) is 0 Å². The molecular formula is C15H18FN3. The largest absolute Gasteiger partial charge is 0.308 e. The lowest BCUT2D eigenvalue weighted by Crippen LogP contribution is -2.38. The molecular weight excluding hydrogens is 241 g/mol. The van der Waals surface area contributed by atoms with E-state index >= 15 is 0 Å². The van der Waals surface area contributed by atoms with Crippen LogP contribution in [0.25, 0.3) is 0 Å². The van der Waals surface area contributed by atoms with Gasteiger partial charge in [-0.2, -0.15) is 5.26 Å². The second-order valence-corrected chi connectivity index (χ2v) is 5.45. The van der Waals surface area contributed by atoms with Crippen LogP contribution in [-0.2, 0) is 6.54 Å². The molecule has 2 heterocycles. The van der Waals surface area contributed by atoms with Gasteiger partial charge in [-0.1, -0.05) is 6.07 Å². The first kappa shape index (κ1) is 12.6. The van der Waals surface area contributed by atoms with Crippen molar-refractivity contribution in [2.45, 2.75) is 37.9 Å². The molecule has 1 aromatic carbocycles. The van der Waals surface area contributed by atoms with Crippen molar-refractivity contribution in [3.8, 4) is 6.07 Å². The van der Waals surface area contributed by atoms with Crippen LogP contribution in [-0.4, -0.2) is 30.1 Å². The summed E-state index contributed by atoms with van der Waals surface area (Å²) in [7, 11) is 0. The van der Waals surface area contributed by atoms with Crippen LogP contribution in [0.2, 0.25) is 0 Å². The van der Waals surface area contributed by atoms with Crippen LogP contribution in [0.5, 0.6) is 0 Å². The molecule has 2 unspecified atom stereocenters. The molecule has 3 rings (SSSR count). The Morgan fingerprint density at radius 3 is 3.11 bits per heavy atom. The summed E-state index contributed by atoms with van der Waals surface area (Å²) in [4.78, 5) is 2.56. The Morgan fingerprint density at radius 2 is 2.26 bits per heavy atom. The highest BCUT2D eigenvalue weighted by molar-refractivity contribution is 5.34. The van der Waals surface area contributed by atoms with Crippen LogP contribution in [0, 0.1) is 17.1 Å². The van der Waals surface area contributed by atoms with Crippen LogP contribution in [0.1, 0.15) is 30.4 Å². The van der Waals surface area contributed by atoms with Crippen LogP contribution < -0.4 is 5.32 Å². The van der Waals surface area contributed by atoms with E-state index in [4.69, 9.17) is 5.26 Å². The normalized spacial score (nSPS) is 26.3. The van der Waals surface area contributed by atoms with Gasteiger partial charge in [0.2, 0.25) is 0 Å². The fraction of sp³-hybridized carbons (Fsp3) is 0.533. The molecule has 0 spiro atoms. The van der Waals surface area contributed by atoms with Gasteiger partial charge in [0.15, 0.2) is 0 Å². The Kier molecular flexibility index (Phi) is 3.50. The summed E-state index contributed by atoms with van der Waals surface area (Å²) in [5.74, 6) is -0.436. The highest BCUT2D eigenvalue weighted by atomic mass is 19.1. The lowest BCUT2D eigenvalue weighted by Gasteiger charge is -2.21. The van der Waals surface area contributed by atoms with Gasteiger partial charge in [-0.25, -0.2) is 4.39 Å². The number of hydrogen-bond donors (Lipinski definition) is 1. The van der Waals surface area contributed by atoms with E-state index in [1.807, 2.05) is 6.07 Å². The van der Waals surface area contributed by atoms with E-state index in [0.29, 0.717) is 18.6 Å². The van der Waals surface area contributed by atoms with E-state index in [1.165, 1.54) is 38.4 Å². The van der Waals surface area contributed by atoms with Gasteiger partial charge in [0.1, 0.15) is 11.9 Å². The van der Waals surface area contributed by atoms with E-state index in [1.54, 1.807) is 12.1 Å². The Bertz CT molecular complexity index is 509. The summed E-state index contributed by atoms with van der Waals surface area (Å²) in [6.07, 6.45) is 3.78. The second-order valence-electron chi connectivity index (χ2n) is 5.45. The maximum absolute atomic E-state index is 13.2. The predicted octanol–water partition coefficient (Wildman–Crippen LogP) is 2.02. The van der Waals surface area contributed by atoms with Gasteiger partial charge in [-0.3, -0.25) is 4.90 Å². The third-order valence-corrected chi connectivity index (χ3v) is 4.33. The van der Waals surface area contributed by atoms with E-state index in [-0.39, 0.29) is 5.56 Å². The minimum Gasteiger partial charge on any atom is -0.308 e. The zero-order valence-electron chi connectivity index (χ0n) is 10.9. The van der Waals surface area contributed by atoms with Crippen molar-refractivity contribution in [1.82, 2.24) is 10.2 Å². The molecule has 0 aromatic heterocycles. The fourth-order valence-electron chi connectivity index (χ4n) is 3.34. The summed E-state index contributed by atoms with van der Waals surface area (Å²) in [5.41, 5.74) is 1.11. The maximum atomic E-state index is 13.2. The van der Waals surface area contributed by atoms with E-state index < -0.39 is 5.82 Å². The van der Waals surface area contributed by atoms with Gasteiger partial charge in [-0.15, -0.1) is 0 Å². The number of benzene rings is 1. The number of halogens is 1. The first-order chi connectivity index (χ1) is 9.28. The van der Waals surface area contributed by atoms with E-state index in [2.05, 4.69) is 10.2 Å². The van der Waals surface area contributed by atoms with Gasteiger partial charge in [0.05, 0.1) is 5.56 Å². The van der Waals surface area contributed by atoms with Gasteiger partial charge in [0.25, 0.3) is 0 Å². The Hall–Kier alpha value is -1.44. The molecule has 0 aliphatic carbocycles. The Morgan fingerprint density at radius 1 is 1.37 bits per heavy atom. The predicted molar refractivity (Wildman–Crippen MR) is 71.0 cm³/mol. The minimum absolute atomic E-state index is 0.133. The van der Waals surface area contributed by atoms with Crippen LogP contribution in [0.3, 0.4) is 0 Å². The van der Waals surface area contributed by atoms with Crippen molar-refractivity contribution < 1.29 is 4.39 Å². The quantitative estimate of drug-likeness (QED) is 0.902. The molecule has 2 saturated heterocycles. The summed E-state index contributed by atoms with van der Waals surface area (Å²) in [6, 6.07) is 7.88. The molecule has 3 nitrogen and oxygen atoms in total. The van der Waals surface area contributed by atoms with Crippen molar-refractivity contribution in [3.63, 3.8) is 0 Å². The standard InChI is InChI=1S/C15H18FN3/c16-13-4-3-11(8-12(13)9-17)10-18-14-5-7-19-6-1-2-15(14)19/h3-4,8,14-15,18H,1-2,5-7,10H2. The molecule has 2 aliphatic rings. The SMILES string of the molecule is N#Cc1cc(CNC2CCN3CCCC23)ccc1F. The monoisotopic (exact) mass is 259 g/mol. The molecule has 2 fully saturated rings. The van der Waals surface area contributed by atoms with Crippen molar-refractivity contribution >= 4 is 0 Å². The van der Waals surface area contributed by atoms with Crippen LogP contribution in [0.15, 0.2) is 18.2 Å². The summed E-state index contributed by atoms with van der Waals surface area (Å²) < 4.78 is 13.2. The molecule has 1 aromatic rings. The lowest BCUT2D eigenvalue weighted by molar-refractivity contribution is 0.298. The van der Waals surface area contributed by atoms with Gasteiger partial charge in [0, 0.05) is 25.2 Å². The molecule has 19 heavy (non-hydrogen) atoms. The third kappa shape index (κ3) is 2.49. The molecule has 2 aliphatic heterocycles. The van der Waals surface area contributed by atoms with Gasteiger partial charge in [-0.05, 0) is 43.5 Å². The zero-order chi connectivity index (χ0) is 13.2. The minimum atomic E-state index is -0.436. The molecule has 4 heteroatoms. The average Bonchev–Trinajstić information content (AvgIpc) is 3.01. The van der Waals surface area contributed by atoms with Gasteiger partial charge >= 0.3 is 0 Å². The van der Waals surface area contributed by atoms with E-state index in [9.17, 15) is 4.39 Å². The van der Waals surface area contributed by atoms with Gasteiger partial charge < -0.3 is 5.32 Å². The first-order valence-corrected chi connectivity index (χ1v) is 6.94. The molecule has 2 atom stereocenters. The number of rotatable bonds is 3. The fourth-order valence-corrected chi connectivity index (χ4v) is 3.34. The summed E-state index contributed by atoms with van der Waals surface area (Å²) in [6.45, 7) is 3.14. The summed E-state index contributed by atoms with van der Waals surface area (Å²) in [5, 5.41) is 12.4. The lowest BCUT2D eigenvalue weighted by atomic mass is 10.1. The number of nitriles is 1. The second kappa shape index (κ2) is 5.28. The molecule has 100 valence electrons. The topological polar surface area (TPSA) is 39.1 Å². The molecule has 0 saturated carbocycles. The Labute approximate surface area is 113 Å². The first-order valence-electron chi connectivity index (χ1n) is 6.94. The smallest absolute Gasteiger partial charge is 0.140 e.